The summed E-state index contributed by atoms with van der Waals surface area (Å²) in [5, 5.41) is 18.5. The Balaban J connectivity index is 2.02. The van der Waals surface area contributed by atoms with Crippen LogP contribution in [0.1, 0.15) is 22.3 Å². The van der Waals surface area contributed by atoms with Crippen LogP contribution >= 0.6 is 11.8 Å². The Morgan fingerprint density at radius 1 is 1.24 bits per heavy atom. The highest BCUT2D eigenvalue weighted by molar-refractivity contribution is 8.00. The topological polar surface area (TPSA) is 107 Å². The standard InChI is InChI=1S/C18H17N5OS/c1-12-3-5-13(6-4-12)10-23(2)16(24)11-25-18-15(9-20)7-14(8-19)17(21)22-18/h3-7H,10-11H2,1-2H3,(H2,21,22). The summed E-state index contributed by atoms with van der Waals surface area (Å²) in [6, 6.07) is 13.3. The van der Waals surface area contributed by atoms with E-state index in [0.29, 0.717) is 11.6 Å². The molecule has 6 nitrogen and oxygen atoms in total. The number of nitriles is 2. The number of thioether (sulfide) groups is 1. The maximum absolute atomic E-state index is 12.3. The van der Waals surface area contributed by atoms with Crippen molar-refractivity contribution in [1.82, 2.24) is 9.88 Å². The fourth-order valence-electron chi connectivity index (χ4n) is 2.09. The number of rotatable bonds is 5. The van der Waals surface area contributed by atoms with Gasteiger partial charge in [-0.05, 0) is 18.6 Å². The molecule has 0 aliphatic rings. The molecule has 0 aliphatic heterocycles. The van der Waals surface area contributed by atoms with Gasteiger partial charge in [0.15, 0.2) is 0 Å². The Morgan fingerprint density at radius 3 is 2.48 bits per heavy atom. The lowest BCUT2D eigenvalue weighted by atomic mass is 10.1. The molecule has 2 rings (SSSR count). The fourth-order valence-corrected chi connectivity index (χ4v) is 2.99. The highest BCUT2D eigenvalue weighted by atomic mass is 32.2. The lowest BCUT2D eigenvalue weighted by Crippen LogP contribution is -2.27. The highest BCUT2D eigenvalue weighted by Gasteiger charge is 2.14. The van der Waals surface area contributed by atoms with Gasteiger partial charge in [-0.3, -0.25) is 4.79 Å². The number of carbonyl (C=O) groups excluding carboxylic acids is 1. The summed E-state index contributed by atoms with van der Waals surface area (Å²) < 4.78 is 0. The number of anilines is 1. The highest BCUT2D eigenvalue weighted by Crippen LogP contribution is 2.24. The number of hydrogen-bond acceptors (Lipinski definition) is 6. The van der Waals surface area contributed by atoms with Gasteiger partial charge in [0.2, 0.25) is 5.91 Å². The predicted molar refractivity (Wildman–Crippen MR) is 96.5 cm³/mol. The van der Waals surface area contributed by atoms with E-state index in [9.17, 15) is 10.1 Å². The van der Waals surface area contributed by atoms with Gasteiger partial charge in [0.1, 0.15) is 23.0 Å². The number of hydrogen-bond donors (Lipinski definition) is 1. The molecule has 0 saturated heterocycles. The molecule has 2 aromatic rings. The Hall–Kier alpha value is -3.03. The molecule has 2 N–H and O–H groups in total. The summed E-state index contributed by atoms with van der Waals surface area (Å²) in [5.74, 6) is 0.110. The largest absolute Gasteiger partial charge is 0.383 e. The second-order valence-electron chi connectivity index (χ2n) is 5.52. The molecule has 1 amide bonds. The molecule has 0 atom stereocenters. The van der Waals surface area contributed by atoms with Crippen molar-refractivity contribution < 1.29 is 4.79 Å². The zero-order chi connectivity index (χ0) is 18.4. The fraction of sp³-hybridized carbons (Fsp3) is 0.222. The van der Waals surface area contributed by atoms with E-state index in [1.54, 1.807) is 11.9 Å². The quantitative estimate of drug-likeness (QED) is 0.829. The van der Waals surface area contributed by atoms with Crippen LogP contribution in [0.4, 0.5) is 5.82 Å². The normalized spacial score (nSPS) is 9.92. The first kappa shape index (κ1) is 18.3. The summed E-state index contributed by atoms with van der Waals surface area (Å²) in [6.07, 6.45) is 0. The molecule has 0 aliphatic carbocycles. The number of aromatic nitrogens is 1. The third kappa shape index (κ3) is 4.72. The maximum atomic E-state index is 12.3. The van der Waals surface area contributed by atoms with Gasteiger partial charge in [0, 0.05) is 13.6 Å². The zero-order valence-electron chi connectivity index (χ0n) is 14.0. The summed E-state index contributed by atoms with van der Waals surface area (Å²) in [5.41, 5.74) is 8.30. The lowest BCUT2D eigenvalue weighted by molar-refractivity contribution is -0.127. The molecule has 1 heterocycles. The number of nitrogen functional groups attached to an aromatic ring is 1. The van der Waals surface area contributed by atoms with Crippen LogP contribution in [0.2, 0.25) is 0 Å². The molecular formula is C18H17N5OS. The van der Waals surface area contributed by atoms with Crippen LogP contribution in [0.15, 0.2) is 35.4 Å². The first-order chi connectivity index (χ1) is 11.9. The van der Waals surface area contributed by atoms with Crippen LogP contribution in [0.3, 0.4) is 0 Å². The number of amides is 1. The minimum Gasteiger partial charge on any atom is -0.383 e. The van der Waals surface area contributed by atoms with E-state index in [-0.39, 0.29) is 28.6 Å². The van der Waals surface area contributed by atoms with Crippen LogP contribution in [-0.2, 0) is 11.3 Å². The van der Waals surface area contributed by atoms with Crippen molar-refractivity contribution in [3.63, 3.8) is 0 Å². The minimum atomic E-state index is -0.0841. The third-order valence-electron chi connectivity index (χ3n) is 3.56. The molecule has 0 unspecified atom stereocenters. The van der Waals surface area contributed by atoms with Gasteiger partial charge in [-0.25, -0.2) is 4.98 Å². The lowest BCUT2D eigenvalue weighted by Gasteiger charge is -2.17. The molecule has 0 bridgehead atoms. The number of aryl methyl sites for hydroxylation is 1. The van der Waals surface area contributed by atoms with Crippen molar-refractivity contribution in [2.24, 2.45) is 0 Å². The summed E-state index contributed by atoms with van der Waals surface area (Å²) >= 11 is 1.14. The molecule has 7 heteroatoms. The maximum Gasteiger partial charge on any atom is 0.233 e. The Labute approximate surface area is 150 Å². The number of benzene rings is 1. The van der Waals surface area contributed by atoms with Crippen molar-refractivity contribution >= 4 is 23.5 Å². The van der Waals surface area contributed by atoms with E-state index < -0.39 is 0 Å². The van der Waals surface area contributed by atoms with Gasteiger partial charge >= 0.3 is 0 Å². The molecular weight excluding hydrogens is 334 g/mol. The van der Waals surface area contributed by atoms with E-state index >= 15 is 0 Å². The van der Waals surface area contributed by atoms with Gasteiger partial charge in [-0.2, -0.15) is 10.5 Å². The number of nitrogens with two attached hydrogens (primary N) is 1. The molecule has 0 saturated carbocycles. The molecule has 25 heavy (non-hydrogen) atoms. The number of carbonyl (C=O) groups is 1. The smallest absolute Gasteiger partial charge is 0.233 e. The monoisotopic (exact) mass is 351 g/mol. The molecule has 0 fully saturated rings. The minimum absolute atomic E-state index is 0.0597. The van der Waals surface area contributed by atoms with Gasteiger partial charge in [0.05, 0.1) is 16.9 Å². The first-order valence-electron chi connectivity index (χ1n) is 7.47. The summed E-state index contributed by atoms with van der Waals surface area (Å²) in [6.45, 7) is 2.52. The predicted octanol–water partition coefficient (Wildman–Crippen LogP) is 2.47. The van der Waals surface area contributed by atoms with Crippen LogP contribution in [0.25, 0.3) is 0 Å². The molecule has 1 aromatic heterocycles. The average Bonchev–Trinajstić information content (AvgIpc) is 2.61. The van der Waals surface area contributed by atoms with Gasteiger partial charge < -0.3 is 10.6 Å². The van der Waals surface area contributed by atoms with Crippen molar-refractivity contribution in [3.05, 3.63) is 52.6 Å². The van der Waals surface area contributed by atoms with E-state index in [2.05, 4.69) is 4.98 Å². The first-order valence-corrected chi connectivity index (χ1v) is 8.46. The van der Waals surface area contributed by atoms with Crippen molar-refractivity contribution in [2.45, 2.75) is 18.5 Å². The SMILES string of the molecule is Cc1ccc(CN(C)C(=O)CSc2nc(N)c(C#N)cc2C#N)cc1. The Bertz CT molecular complexity index is 865. The van der Waals surface area contributed by atoms with Crippen LogP contribution in [-0.4, -0.2) is 28.6 Å². The average molecular weight is 351 g/mol. The Morgan fingerprint density at radius 2 is 1.88 bits per heavy atom. The van der Waals surface area contributed by atoms with Crippen molar-refractivity contribution in [1.29, 1.82) is 10.5 Å². The molecule has 0 radical (unpaired) electrons. The zero-order valence-corrected chi connectivity index (χ0v) is 14.8. The van der Waals surface area contributed by atoms with Crippen molar-refractivity contribution in [3.8, 4) is 12.1 Å². The number of nitrogens with zero attached hydrogens (tertiary/aromatic N) is 4. The second kappa shape index (κ2) is 8.18. The second-order valence-corrected chi connectivity index (χ2v) is 6.49. The van der Waals surface area contributed by atoms with E-state index in [1.807, 2.05) is 43.3 Å². The van der Waals surface area contributed by atoms with E-state index in [1.165, 1.54) is 11.6 Å². The van der Waals surface area contributed by atoms with E-state index in [4.69, 9.17) is 11.0 Å². The van der Waals surface area contributed by atoms with Gasteiger partial charge in [-0.1, -0.05) is 41.6 Å². The molecule has 1 aromatic carbocycles. The Kier molecular flexibility index (Phi) is 5.99. The van der Waals surface area contributed by atoms with Crippen LogP contribution in [0, 0.1) is 29.6 Å². The van der Waals surface area contributed by atoms with Gasteiger partial charge in [0.25, 0.3) is 0 Å². The van der Waals surface area contributed by atoms with Crippen molar-refractivity contribution in [2.75, 3.05) is 18.5 Å². The third-order valence-corrected chi connectivity index (χ3v) is 4.53. The number of pyridine rings is 1. The summed E-state index contributed by atoms with van der Waals surface area (Å²) in [7, 11) is 1.73. The van der Waals surface area contributed by atoms with Crippen LogP contribution in [0.5, 0.6) is 0 Å². The summed E-state index contributed by atoms with van der Waals surface area (Å²) in [4.78, 5) is 18.0. The molecule has 126 valence electrons. The van der Waals surface area contributed by atoms with E-state index in [0.717, 1.165) is 17.3 Å². The molecule has 0 spiro atoms. The van der Waals surface area contributed by atoms with Crippen LogP contribution < -0.4 is 5.73 Å². The van der Waals surface area contributed by atoms with Gasteiger partial charge in [-0.15, -0.1) is 0 Å².